The van der Waals surface area contributed by atoms with Crippen molar-refractivity contribution in [3.8, 4) is 0 Å². The van der Waals surface area contributed by atoms with Gasteiger partial charge in [-0.25, -0.2) is 19.7 Å². The minimum absolute atomic E-state index is 0.0307. The van der Waals surface area contributed by atoms with Crippen LogP contribution in [0.2, 0.25) is 0 Å². The molecule has 6 unspecified atom stereocenters. The van der Waals surface area contributed by atoms with E-state index in [1.165, 1.54) is 37.6 Å². The van der Waals surface area contributed by atoms with Gasteiger partial charge < -0.3 is 52.4 Å². The van der Waals surface area contributed by atoms with Gasteiger partial charge in [0.05, 0.1) is 25.0 Å². The number of amides is 5. The topological polar surface area (TPSA) is 295 Å². The summed E-state index contributed by atoms with van der Waals surface area (Å²) in [4.78, 5) is 99.9. The number of hydrogen-bond acceptors (Lipinski definition) is 10. The molecule has 0 aromatic carbocycles. The van der Waals surface area contributed by atoms with Gasteiger partial charge in [0.15, 0.2) is 0 Å². The summed E-state index contributed by atoms with van der Waals surface area (Å²) in [5.41, 5.74) is 7.56. The van der Waals surface area contributed by atoms with E-state index in [0.717, 1.165) is 0 Å². The Morgan fingerprint density at radius 1 is 0.558 bits per heavy atom. The van der Waals surface area contributed by atoms with Crippen LogP contribution in [0.4, 0.5) is 0 Å². The zero-order valence-electron chi connectivity index (χ0n) is 30.1. The molecular weight excluding hydrogens is 676 g/mol. The van der Waals surface area contributed by atoms with Crippen LogP contribution in [-0.2, 0) is 48.0 Å². The molecule has 3 aromatic rings. The molecule has 52 heavy (non-hydrogen) atoms. The molecule has 0 aliphatic heterocycles. The number of aromatic nitrogens is 6. The van der Waals surface area contributed by atoms with Crippen LogP contribution in [0, 0.1) is 17.8 Å². The number of carboxylic acid groups (broad SMARTS) is 1. The molecule has 3 aromatic heterocycles. The third kappa shape index (κ3) is 12.0. The van der Waals surface area contributed by atoms with Crippen molar-refractivity contribution in [2.24, 2.45) is 23.5 Å². The fourth-order valence-corrected chi connectivity index (χ4v) is 5.14. The lowest BCUT2D eigenvalue weighted by Crippen LogP contribution is -2.61. The average Bonchev–Trinajstić information content (AvgIpc) is 3.89. The second kappa shape index (κ2) is 19.1. The van der Waals surface area contributed by atoms with Crippen LogP contribution in [0.3, 0.4) is 0 Å². The first-order valence-electron chi connectivity index (χ1n) is 17.0. The highest BCUT2D eigenvalue weighted by atomic mass is 16.4. The molecule has 0 aliphatic rings. The molecule has 0 spiro atoms. The summed E-state index contributed by atoms with van der Waals surface area (Å²) in [5.74, 6) is -5.83. The Morgan fingerprint density at radius 3 is 1.21 bits per heavy atom. The number of carboxylic acids is 1. The normalized spacial score (nSPS) is 14.9. The Balaban J connectivity index is 1.80. The molecule has 0 saturated carbocycles. The van der Waals surface area contributed by atoms with E-state index < -0.39 is 83.6 Å². The second-order valence-electron chi connectivity index (χ2n) is 13.6. The molecule has 0 radical (unpaired) electrons. The van der Waals surface area contributed by atoms with Crippen LogP contribution in [-0.4, -0.2) is 107 Å². The van der Waals surface area contributed by atoms with Gasteiger partial charge in [-0.3, -0.25) is 24.0 Å². The zero-order chi connectivity index (χ0) is 38.5. The number of nitrogens with one attached hydrogen (secondary N) is 8. The van der Waals surface area contributed by atoms with Crippen molar-refractivity contribution in [2.75, 3.05) is 0 Å². The van der Waals surface area contributed by atoms with Gasteiger partial charge >= 0.3 is 5.97 Å². The van der Waals surface area contributed by atoms with Crippen LogP contribution in [0.15, 0.2) is 37.6 Å². The van der Waals surface area contributed by atoms with Gasteiger partial charge in [-0.15, -0.1) is 0 Å². The number of imidazole rings is 3. The maximum absolute atomic E-state index is 13.8. The molecule has 5 amide bonds. The van der Waals surface area contributed by atoms with E-state index in [-0.39, 0.29) is 25.2 Å². The van der Waals surface area contributed by atoms with Crippen molar-refractivity contribution < 1.29 is 33.9 Å². The summed E-state index contributed by atoms with van der Waals surface area (Å²) in [6, 6.07) is -6.92. The zero-order valence-corrected chi connectivity index (χ0v) is 30.1. The molecule has 284 valence electrons. The summed E-state index contributed by atoms with van der Waals surface area (Å²) < 4.78 is 0. The van der Waals surface area contributed by atoms with Crippen LogP contribution in [0.25, 0.3) is 0 Å². The molecule has 6 atom stereocenters. The Kier molecular flexibility index (Phi) is 15.0. The number of rotatable bonds is 20. The number of nitrogens with zero attached hydrogens (tertiary/aromatic N) is 3. The summed E-state index contributed by atoms with van der Waals surface area (Å²) in [5, 5.41) is 23.0. The number of nitrogens with two attached hydrogens (primary N) is 1. The van der Waals surface area contributed by atoms with E-state index in [0.29, 0.717) is 17.1 Å². The Bertz CT molecular complexity index is 1610. The summed E-state index contributed by atoms with van der Waals surface area (Å²) >= 11 is 0. The third-order valence-electron chi connectivity index (χ3n) is 8.33. The minimum atomic E-state index is -1.31. The summed E-state index contributed by atoms with van der Waals surface area (Å²) in [7, 11) is 0. The van der Waals surface area contributed by atoms with Gasteiger partial charge in [-0.1, -0.05) is 41.5 Å². The fourth-order valence-electron chi connectivity index (χ4n) is 5.14. The van der Waals surface area contributed by atoms with Gasteiger partial charge in [-0.2, -0.15) is 0 Å². The lowest BCUT2D eigenvalue weighted by atomic mass is 9.99. The second-order valence-corrected chi connectivity index (χ2v) is 13.6. The van der Waals surface area contributed by atoms with E-state index in [2.05, 4.69) is 56.5 Å². The van der Waals surface area contributed by atoms with Crippen molar-refractivity contribution in [3.05, 3.63) is 54.7 Å². The highest BCUT2D eigenvalue weighted by Gasteiger charge is 2.35. The minimum Gasteiger partial charge on any atom is -0.480 e. The smallest absolute Gasteiger partial charge is 0.326 e. The molecule has 19 heteroatoms. The van der Waals surface area contributed by atoms with E-state index >= 15 is 0 Å². The molecule has 0 aliphatic carbocycles. The van der Waals surface area contributed by atoms with E-state index in [9.17, 15) is 33.9 Å². The third-order valence-corrected chi connectivity index (χ3v) is 8.33. The molecule has 3 heterocycles. The molecule has 0 fully saturated rings. The maximum atomic E-state index is 13.8. The first-order chi connectivity index (χ1) is 24.6. The summed E-state index contributed by atoms with van der Waals surface area (Å²) in [6.07, 6.45) is 8.53. The predicted molar refractivity (Wildman–Crippen MR) is 187 cm³/mol. The molecule has 3 rings (SSSR count). The van der Waals surface area contributed by atoms with Gasteiger partial charge in [0.1, 0.15) is 30.2 Å². The Labute approximate surface area is 300 Å². The van der Waals surface area contributed by atoms with Gasteiger partial charge in [0, 0.05) is 54.9 Å². The number of hydrogen-bond donors (Lipinski definition) is 10. The van der Waals surface area contributed by atoms with E-state index in [4.69, 9.17) is 5.73 Å². The largest absolute Gasteiger partial charge is 0.480 e. The number of aliphatic carboxylic acids is 1. The first-order valence-corrected chi connectivity index (χ1v) is 17.0. The van der Waals surface area contributed by atoms with Gasteiger partial charge in [0.25, 0.3) is 0 Å². The van der Waals surface area contributed by atoms with Crippen LogP contribution in [0.5, 0.6) is 0 Å². The molecule has 0 bridgehead atoms. The van der Waals surface area contributed by atoms with Crippen LogP contribution >= 0.6 is 0 Å². The Morgan fingerprint density at radius 2 is 0.904 bits per heavy atom. The monoisotopic (exact) mass is 726 g/mol. The lowest BCUT2D eigenvalue weighted by molar-refractivity contribution is -0.142. The average molecular weight is 727 g/mol. The predicted octanol–water partition coefficient (Wildman–Crippen LogP) is -1.31. The van der Waals surface area contributed by atoms with Crippen molar-refractivity contribution in [2.45, 2.75) is 97.1 Å². The molecule has 19 nitrogen and oxygen atoms in total. The molecule has 0 saturated heterocycles. The SMILES string of the molecule is CC(C)C(N)C(=O)NC(Cc1cnc[nH]1)C(=O)NC(C(=O)NC(Cc1cnc[nH]1)C(=O)NC(C(=O)NC(Cc1cnc[nH]1)C(=O)O)C(C)C)C(C)C. The summed E-state index contributed by atoms with van der Waals surface area (Å²) in [6.45, 7) is 10.3. The van der Waals surface area contributed by atoms with Crippen LogP contribution in [0.1, 0.15) is 58.6 Å². The number of carbonyl (C=O) groups is 6. The first kappa shape index (κ1) is 40.8. The number of aromatic amines is 3. The number of carbonyl (C=O) groups excluding carboxylic acids is 5. The number of H-pyrrole nitrogens is 3. The Hall–Kier alpha value is -5.59. The highest BCUT2D eigenvalue weighted by molar-refractivity contribution is 5.96. The van der Waals surface area contributed by atoms with Gasteiger partial charge in [0.2, 0.25) is 29.5 Å². The molecule has 11 N–H and O–H groups in total. The van der Waals surface area contributed by atoms with Crippen LogP contribution < -0.4 is 32.3 Å². The maximum Gasteiger partial charge on any atom is 0.326 e. The van der Waals surface area contributed by atoms with Crippen molar-refractivity contribution in [1.82, 2.24) is 56.5 Å². The highest BCUT2D eigenvalue weighted by Crippen LogP contribution is 2.10. The standard InChI is InChI=1S/C33H50N12O7/c1-16(2)25(34)30(48)41-22(7-19-10-35-13-38-19)28(46)44-26(17(3)4)31(49)42-23(8-20-11-36-14-39-20)29(47)45-27(18(5)6)32(50)43-24(33(51)52)9-21-12-37-15-40-21/h10-18,22-27H,7-9,34H2,1-6H3,(H,35,38)(H,36,39)(H,37,40)(H,41,48)(H,42,49)(H,43,50)(H,44,46)(H,45,47)(H,51,52). The van der Waals surface area contributed by atoms with Crippen molar-refractivity contribution in [3.63, 3.8) is 0 Å². The lowest BCUT2D eigenvalue weighted by Gasteiger charge is -2.29. The van der Waals surface area contributed by atoms with Crippen molar-refractivity contribution >= 4 is 35.5 Å². The fraction of sp³-hybridized carbons (Fsp3) is 0.545. The quantitative estimate of drug-likeness (QED) is 0.0652. The van der Waals surface area contributed by atoms with E-state index in [1.54, 1.807) is 41.5 Å². The molecular formula is C33H50N12O7. The van der Waals surface area contributed by atoms with Gasteiger partial charge in [-0.05, 0) is 17.8 Å². The van der Waals surface area contributed by atoms with Crippen molar-refractivity contribution in [1.29, 1.82) is 0 Å². The van der Waals surface area contributed by atoms with E-state index in [1.807, 2.05) is 0 Å².